The van der Waals surface area contributed by atoms with Gasteiger partial charge in [0.2, 0.25) is 5.91 Å². The van der Waals surface area contributed by atoms with Crippen molar-refractivity contribution in [2.24, 2.45) is 0 Å². The summed E-state index contributed by atoms with van der Waals surface area (Å²) in [4.78, 5) is 28.9. The van der Waals surface area contributed by atoms with Gasteiger partial charge < -0.3 is 19.1 Å². The number of nitrogens with zero attached hydrogens (tertiary/aromatic N) is 3. The van der Waals surface area contributed by atoms with Crippen LogP contribution in [0.3, 0.4) is 0 Å². The van der Waals surface area contributed by atoms with Gasteiger partial charge in [0.15, 0.2) is 0 Å². The van der Waals surface area contributed by atoms with Gasteiger partial charge in [0, 0.05) is 49.3 Å². The second-order valence-corrected chi connectivity index (χ2v) is 9.70. The lowest BCUT2D eigenvalue weighted by Gasteiger charge is -2.26. The van der Waals surface area contributed by atoms with Crippen LogP contribution in [-0.2, 0) is 16.1 Å². The number of aromatic nitrogens is 1. The molecule has 2 aliphatic rings. The zero-order valence-corrected chi connectivity index (χ0v) is 20.3. The van der Waals surface area contributed by atoms with E-state index in [-0.39, 0.29) is 11.9 Å². The monoisotopic (exact) mass is 459 g/mol. The molecule has 1 saturated carbocycles. The third-order valence-electron chi connectivity index (χ3n) is 7.46. The Morgan fingerprint density at radius 3 is 2.53 bits per heavy atom. The highest BCUT2D eigenvalue weighted by atomic mass is 16.5. The van der Waals surface area contributed by atoms with Gasteiger partial charge in [-0.3, -0.25) is 4.79 Å². The van der Waals surface area contributed by atoms with Crippen LogP contribution in [0.4, 0.5) is 5.69 Å². The summed E-state index contributed by atoms with van der Waals surface area (Å²) in [6, 6.07) is 14.5. The Balaban J connectivity index is 1.73. The molecule has 178 valence electrons. The zero-order valence-electron chi connectivity index (χ0n) is 20.3. The predicted octanol–water partition coefficient (Wildman–Crippen LogP) is 5.05. The summed E-state index contributed by atoms with van der Waals surface area (Å²) in [5.41, 5.74) is 6.57. The normalized spacial score (nSPS) is 16.0. The van der Waals surface area contributed by atoms with Crippen molar-refractivity contribution in [1.82, 2.24) is 9.47 Å². The van der Waals surface area contributed by atoms with E-state index in [2.05, 4.69) is 39.8 Å². The Morgan fingerprint density at radius 2 is 1.79 bits per heavy atom. The number of anilines is 1. The molecule has 6 heteroatoms. The molecule has 0 N–H and O–H groups in total. The molecule has 0 spiro atoms. The molecule has 3 aromatic rings. The van der Waals surface area contributed by atoms with Crippen molar-refractivity contribution in [3.05, 3.63) is 53.6 Å². The van der Waals surface area contributed by atoms with Crippen molar-refractivity contribution in [3.8, 4) is 11.3 Å². The average Bonchev–Trinajstić information content (AvgIpc) is 3.10. The number of hydrogen-bond acceptors (Lipinski definition) is 4. The van der Waals surface area contributed by atoms with Gasteiger partial charge in [-0.1, -0.05) is 43.5 Å². The summed E-state index contributed by atoms with van der Waals surface area (Å²) in [7, 11) is 5.03. The third-order valence-corrected chi connectivity index (χ3v) is 7.46. The predicted molar refractivity (Wildman–Crippen MR) is 135 cm³/mol. The van der Waals surface area contributed by atoms with Crippen LogP contribution in [0.5, 0.6) is 0 Å². The van der Waals surface area contributed by atoms with Crippen LogP contribution < -0.4 is 4.90 Å². The van der Waals surface area contributed by atoms with E-state index in [0.717, 1.165) is 24.3 Å². The fourth-order valence-electron chi connectivity index (χ4n) is 5.71. The first-order chi connectivity index (χ1) is 16.5. The van der Waals surface area contributed by atoms with Gasteiger partial charge in [-0.2, -0.15) is 0 Å². The molecule has 2 heterocycles. The van der Waals surface area contributed by atoms with Gasteiger partial charge >= 0.3 is 5.97 Å². The molecule has 34 heavy (non-hydrogen) atoms. The maximum Gasteiger partial charge on any atom is 0.337 e. The molecule has 5 rings (SSSR count). The fourth-order valence-corrected chi connectivity index (χ4v) is 5.71. The van der Waals surface area contributed by atoms with E-state index < -0.39 is 0 Å². The molecule has 2 aromatic carbocycles. The highest BCUT2D eigenvalue weighted by Crippen LogP contribution is 2.47. The molecule has 1 aromatic heterocycles. The molecule has 1 amide bonds. The summed E-state index contributed by atoms with van der Waals surface area (Å²) in [6.07, 6.45) is 6.18. The molecule has 1 aliphatic heterocycles. The molecule has 1 aliphatic carbocycles. The second kappa shape index (κ2) is 9.16. The Bertz CT molecular complexity index is 1240. The largest absolute Gasteiger partial charge is 0.465 e. The van der Waals surface area contributed by atoms with E-state index in [4.69, 9.17) is 4.74 Å². The number of benzene rings is 2. The van der Waals surface area contributed by atoms with E-state index in [0.29, 0.717) is 18.0 Å². The van der Waals surface area contributed by atoms with Crippen molar-refractivity contribution < 1.29 is 14.3 Å². The van der Waals surface area contributed by atoms with Crippen LogP contribution >= 0.6 is 0 Å². The van der Waals surface area contributed by atoms with Crippen molar-refractivity contribution in [3.63, 3.8) is 0 Å². The number of carbonyl (C=O) groups is 2. The van der Waals surface area contributed by atoms with Gasteiger partial charge in [-0.25, -0.2) is 4.79 Å². The first-order valence-electron chi connectivity index (χ1n) is 12.3. The maximum absolute atomic E-state index is 12.6. The molecule has 0 radical (unpaired) electrons. The lowest BCUT2D eigenvalue weighted by atomic mass is 9.81. The van der Waals surface area contributed by atoms with E-state index in [1.807, 2.05) is 12.1 Å². The number of carbonyl (C=O) groups excluding carboxylic acids is 2. The number of methoxy groups -OCH3 is 1. The standard InChI is InChI=1S/C28H33N3O3/c1-29(2)25(32)18-30-15-16-31-24-17-20(28(33)34-3)13-14-21(24)26(19-9-5-4-6-10-19)27(31)22-11-7-8-12-23(22)30/h7-8,11-14,17,19H,4-6,9-10,15-16,18H2,1-3H3. The number of rotatable bonds is 4. The molecular weight excluding hydrogens is 426 g/mol. The summed E-state index contributed by atoms with van der Waals surface area (Å²) in [5.74, 6) is 0.273. The van der Waals surface area contributed by atoms with Crippen LogP contribution in [0.1, 0.15) is 53.9 Å². The SMILES string of the molecule is COC(=O)c1ccc2c(C3CCCCC3)c3n(c2c1)CCN(CC(=O)N(C)C)c1ccccc1-3. The lowest BCUT2D eigenvalue weighted by Crippen LogP contribution is -2.37. The molecular formula is C28H33N3O3. The number of para-hydroxylation sites is 1. The molecule has 1 fully saturated rings. The highest BCUT2D eigenvalue weighted by Gasteiger charge is 2.31. The van der Waals surface area contributed by atoms with Crippen molar-refractivity contribution >= 4 is 28.5 Å². The quantitative estimate of drug-likeness (QED) is 0.513. The smallest absolute Gasteiger partial charge is 0.337 e. The minimum Gasteiger partial charge on any atom is -0.465 e. The first-order valence-corrected chi connectivity index (χ1v) is 12.3. The van der Waals surface area contributed by atoms with Gasteiger partial charge in [0.1, 0.15) is 0 Å². The number of fused-ring (bicyclic) bond motifs is 5. The third kappa shape index (κ3) is 3.85. The fraction of sp³-hybridized carbons (Fsp3) is 0.429. The summed E-state index contributed by atoms with van der Waals surface area (Å²) in [6.45, 7) is 1.82. The van der Waals surface area contributed by atoms with Crippen LogP contribution in [0.15, 0.2) is 42.5 Å². The highest BCUT2D eigenvalue weighted by molar-refractivity contribution is 6.00. The molecule has 0 saturated heterocycles. The Morgan fingerprint density at radius 1 is 1.03 bits per heavy atom. The van der Waals surface area contributed by atoms with Gasteiger partial charge in [0.05, 0.1) is 24.9 Å². The van der Waals surface area contributed by atoms with E-state index >= 15 is 0 Å². The average molecular weight is 460 g/mol. The number of likely N-dealkylation sites (N-methyl/N-ethyl adjacent to an activating group) is 1. The number of hydrogen-bond donors (Lipinski definition) is 0. The van der Waals surface area contributed by atoms with Crippen LogP contribution in [-0.4, -0.2) is 55.6 Å². The van der Waals surface area contributed by atoms with Gasteiger partial charge in [-0.15, -0.1) is 0 Å². The van der Waals surface area contributed by atoms with Crippen LogP contribution in [0.25, 0.3) is 22.2 Å². The Kier molecular flexibility index (Phi) is 6.07. The minimum absolute atomic E-state index is 0.0896. The van der Waals surface area contributed by atoms with E-state index in [1.165, 1.54) is 61.4 Å². The van der Waals surface area contributed by atoms with Crippen LogP contribution in [0, 0.1) is 0 Å². The van der Waals surface area contributed by atoms with Gasteiger partial charge in [-0.05, 0) is 42.5 Å². The van der Waals surface area contributed by atoms with Crippen molar-refractivity contribution in [2.45, 2.75) is 44.6 Å². The van der Waals surface area contributed by atoms with E-state index in [9.17, 15) is 9.59 Å². The first kappa shape index (κ1) is 22.5. The van der Waals surface area contributed by atoms with Crippen molar-refractivity contribution in [2.75, 3.05) is 39.2 Å². The summed E-state index contributed by atoms with van der Waals surface area (Å²) in [5, 5.41) is 1.24. The molecule has 6 nitrogen and oxygen atoms in total. The molecule has 0 bridgehead atoms. The number of amides is 1. The lowest BCUT2D eigenvalue weighted by molar-refractivity contribution is -0.127. The zero-order chi connectivity index (χ0) is 23.8. The molecule has 0 atom stereocenters. The second-order valence-electron chi connectivity index (χ2n) is 9.70. The molecule has 0 unspecified atom stereocenters. The van der Waals surface area contributed by atoms with Crippen LogP contribution in [0.2, 0.25) is 0 Å². The number of esters is 1. The Labute approximate surface area is 201 Å². The maximum atomic E-state index is 12.6. The van der Waals surface area contributed by atoms with Gasteiger partial charge in [0.25, 0.3) is 0 Å². The topological polar surface area (TPSA) is 54.8 Å². The summed E-state index contributed by atoms with van der Waals surface area (Å²) >= 11 is 0. The minimum atomic E-state index is -0.316. The van der Waals surface area contributed by atoms with Crippen molar-refractivity contribution in [1.29, 1.82) is 0 Å². The number of ether oxygens (including phenoxy) is 1. The summed E-state index contributed by atoms with van der Waals surface area (Å²) < 4.78 is 7.40. The van der Waals surface area contributed by atoms with E-state index in [1.54, 1.807) is 19.0 Å². The Hall–Kier alpha value is -3.28.